The Hall–Kier alpha value is -1.61. The number of benzene rings is 1. The zero-order valence-electron chi connectivity index (χ0n) is 9.59. The van der Waals surface area contributed by atoms with Crippen LogP contribution in [0.1, 0.15) is 23.8 Å². The summed E-state index contributed by atoms with van der Waals surface area (Å²) in [5.41, 5.74) is 0.546. The van der Waals surface area contributed by atoms with Crippen LogP contribution in [0.2, 0.25) is 0 Å². The largest absolute Gasteiger partial charge is 0.292 e. The normalized spacial score (nSPS) is 10.2. The van der Waals surface area contributed by atoms with E-state index < -0.39 is 0 Å². The predicted octanol–water partition coefficient (Wildman–Crippen LogP) is 3.83. The van der Waals surface area contributed by atoms with Gasteiger partial charge in [0.2, 0.25) is 0 Å². The summed E-state index contributed by atoms with van der Waals surface area (Å²) in [7, 11) is 0. The highest BCUT2D eigenvalue weighted by atomic mass is 32.2. The van der Waals surface area contributed by atoms with Crippen LogP contribution in [0.5, 0.6) is 0 Å². The molecule has 1 aromatic carbocycles. The van der Waals surface area contributed by atoms with Crippen LogP contribution in [0, 0.1) is 0 Å². The first-order valence-corrected chi connectivity index (χ1v) is 6.33. The summed E-state index contributed by atoms with van der Waals surface area (Å²) < 4.78 is 0. The van der Waals surface area contributed by atoms with E-state index in [0.717, 1.165) is 4.90 Å². The Morgan fingerprint density at radius 3 is 2.47 bits per heavy atom. The molecule has 2 rings (SSSR count). The van der Waals surface area contributed by atoms with Gasteiger partial charge in [-0.05, 0) is 24.3 Å². The molecule has 0 spiro atoms. The molecule has 2 aromatic rings. The molecule has 3 heteroatoms. The first-order valence-electron chi connectivity index (χ1n) is 5.51. The van der Waals surface area contributed by atoms with Crippen molar-refractivity contribution in [1.82, 2.24) is 4.98 Å². The minimum Gasteiger partial charge on any atom is -0.292 e. The zero-order valence-corrected chi connectivity index (χ0v) is 10.4. The number of nitrogens with zero attached hydrogens (tertiary/aromatic N) is 1. The molecule has 0 atom stereocenters. The van der Waals surface area contributed by atoms with Crippen molar-refractivity contribution in [3.05, 3.63) is 54.4 Å². The highest BCUT2D eigenvalue weighted by Gasteiger charge is 2.04. The van der Waals surface area contributed by atoms with Gasteiger partial charge in [0.1, 0.15) is 5.69 Å². The molecule has 0 saturated heterocycles. The fraction of sp³-hybridized carbons (Fsp3) is 0.143. The number of aromatic nitrogens is 1. The fourth-order valence-electron chi connectivity index (χ4n) is 1.41. The van der Waals surface area contributed by atoms with E-state index in [2.05, 4.69) is 17.1 Å². The van der Waals surface area contributed by atoms with Gasteiger partial charge in [-0.25, -0.2) is 0 Å². The van der Waals surface area contributed by atoms with E-state index in [1.165, 1.54) is 4.90 Å². The molecule has 0 N–H and O–H groups in total. The number of carbonyl (C=O) groups excluding carboxylic acids is 1. The molecule has 0 unspecified atom stereocenters. The Labute approximate surface area is 105 Å². The molecular formula is C14H13NOS. The fourth-order valence-corrected chi connectivity index (χ4v) is 2.22. The first-order chi connectivity index (χ1) is 8.29. The Morgan fingerprint density at radius 1 is 1.12 bits per heavy atom. The van der Waals surface area contributed by atoms with Gasteiger partial charge in [0.25, 0.3) is 0 Å². The van der Waals surface area contributed by atoms with E-state index in [9.17, 15) is 4.79 Å². The maximum Gasteiger partial charge on any atom is 0.180 e. The number of hydrogen-bond acceptors (Lipinski definition) is 3. The van der Waals surface area contributed by atoms with Crippen molar-refractivity contribution >= 4 is 17.5 Å². The molecule has 0 aliphatic rings. The SMILES string of the molecule is CCC(=O)c1ccc(Sc2ccccc2)cn1. The third kappa shape index (κ3) is 3.17. The van der Waals surface area contributed by atoms with Crippen molar-refractivity contribution in [2.45, 2.75) is 23.1 Å². The molecule has 17 heavy (non-hydrogen) atoms. The van der Waals surface area contributed by atoms with E-state index in [1.54, 1.807) is 24.0 Å². The van der Waals surface area contributed by atoms with Gasteiger partial charge in [0.15, 0.2) is 5.78 Å². The number of ketones is 1. The monoisotopic (exact) mass is 243 g/mol. The molecule has 0 fully saturated rings. The lowest BCUT2D eigenvalue weighted by Crippen LogP contribution is -1.99. The average molecular weight is 243 g/mol. The van der Waals surface area contributed by atoms with Crippen molar-refractivity contribution in [2.75, 3.05) is 0 Å². The molecule has 0 saturated carbocycles. The van der Waals surface area contributed by atoms with E-state index in [-0.39, 0.29) is 5.78 Å². The van der Waals surface area contributed by atoms with Crippen LogP contribution in [0.3, 0.4) is 0 Å². The predicted molar refractivity (Wildman–Crippen MR) is 69.4 cm³/mol. The summed E-state index contributed by atoms with van der Waals surface area (Å²) in [6, 6.07) is 13.8. The van der Waals surface area contributed by atoms with E-state index in [4.69, 9.17) is 0 Å². The summed E-state index contributed by atoms with van der Waals surface area (Å²) in [5, 5.41) is 0. The lowest BCUT2D eigenvalue weighted by molar-refractivity contribution is 0.0983. The molecule has 2 nitrogen and oxygen atoms in total. The van der Waals surface area contributed by atoms with Crippen molar-refractivity contribution in [2.24, 2.45) is 0 Å². The minimum absolute atomic E-state index is 0.0845. The smallest absolute Gasteiger partial charge is 0.180 e. The van der Waals surface area contributed by atoms with Crippen LogP contribution < -0.4 is 0 Å². The van der Waals surface area contributed by atoms with Gasteiger partial charge in [-0.3, -0.25) is 9.78 Å². The zero-order chi connectivity index (χ0) is 12.1. The minimum atomic E-state index is 0.0845. The van der Waals surface area contributed by atoms with Gasteiger partial charge in [-0.1, -0.05) is 36.9 Å². The summed E-state index contributed by atoms with van der Waals surface area (Å²) in [4.78, 5) is 17.8. The summed E-state index contributed by atoms with van der Waals surface area (Å²) in [6.07, 6.45) is 2.25. The third-order valence-corrected chi connectivity index (χ3v) is 3.31. The van der Waals surface area contributed by atoms with Crippen LogP contribution in [0.4, 0.5) is 0 Å². The van der Waals surface area contributed by atoms with Crippen LogP contribution in [0.15, 0.2) is 58.5 Å². The Morgan fingerprint density at radius 2 is 1.88 bits per heavy atom. The van der Waals surface area contributed by atoms with Gasteiger partial charge in [0, 0.05) is 22.4 Å². The summed E-state index contributed by atoms with van der Waals surface area (Å²) in [6.45, 7) is 1.84. The molecule has 86 valence electrons. The Kier molecular flexibility index (Phi) is 3.94. The van der Waals surface area contributed by atoms with E-state index in [0.29, 0.717) is 12.1 Å². The Bertz CT molecular complexity index is 493. The summed E-state index contributed by atoms with van der Waals surface area (Å²) >= 11 is 1.64. The van der Waals surface area contributed by atoms with Crippen LogP contribution >= 0.6 is 11.8 Å². The van der Waals surface area contributed by atoms with Crippen LogP contribution in [-0.2, 0) is 0 Å². The second-order valence-electron chi connectivity index (χ2n) is 3.57. The van der Waals surface area contributed by atoms with Crippen LogP contribution in [-0.4, -0.2) is 10.8 Å². The first kappa shape index (κ1) is 11.9. The summed E-state index contributed by atoms with van der Waals surface area (Å²) in [5.74, 6) is 0.0845. The maximum absolute atomic E-state index is 11.4. The van der Waals surface area contributed by atoms with E-state index >= 15 is 0 Å². The molecular weight excluding hydrogens is 230 g/mol. The standard InChI is InChI=1S/C14H13NOS/c1-2-14(16)13-9-8-12(10-15-13)17-11-6-4-3-5-7-11/h3-10H,2H2,1H3. The van der Waals surface area contributed by atoms with Gasteiger partial charge >= 0.3 is 0 Å². The van der Waals surface area contributed by atoms with Crippen molar-refractivity contribution < 1.29 is 4.79 Å². The quantitative estimate of drug-likeness (QED) is 0.764. The number of rotatable bonds is 4. The molecule has 0 radical (unpaired) electrons. The molecule has 0 aliphatic carbocycles. The highest BCUT2D eigenvalue weighted by Crippen LogP contribution is 2.26. The lowest BCUT2D eigenvalue weighted by Gasteiger charge is -2.02. The molecule has 1 heterocycles. The average Bonchev–Trinajstić information content (AvgIpc) is 2.40. The van der Waals surface area contributed by atoms with Crippen molar-refractivity contribution in [3.63, 3.8) is 0 Å². The van der Waals surface area contributed by atoms with Gasteiger partial charge in [0.05, 0.1) is 0 Å². The van der Waals surface area contributed by atoms with Gasteiger partial charge in [-0.2, -0.15) is 0 Å². The van der Waals surface area contributed by atoms with Gasteiger partial charge < -0.3 is 0 Å². The lowest BCUT2D eigenvalue weighted by atomic mass is 10.2. The number of Topliss-reactive ketones (excluding diaryl/α,β-unsaturated/α-hetero) is 1. The highest BCUT2D eigenvalue weighted by molar-refractivity contribution is 7.99. The number of carbonyl (C=O) groups is 1. The van der Waals surface area contributed by atoms with Crippen molar-refractivity contribution in [1.29, 1.82) is 0 Å². The number of hydrogen-bond donors (Lipinski definition) is 0. The molecule has 1 aromatic heterocycles. The number of pyridine rings is 1. The topological polar surface area (TPSA) is 30.0 Å². The molecule has 0 aliphatic heterocycles. The van der Waals surface area contributed by atoms with E-state index in [1.807, 2.05) is 31.2 Å². The molecule has 0 amide bonds. The Balaban J connectivity index is 2.11. The maximum atomic E-state index is 11.4. The van der Waals surface area contributed by atoms with Crippen LogP contribution in [0.25, 0.3) is 0 Å². The van der Waals surface area contributed by atoms with Gasteiger partial charge in [-0.15, -0.1) is 0 Å². The second-order valence-corrected chi connectivity index (χ2v) is 4.72. The second kappa shape index (κ2) is 5.64. The van der Waals surface area contributed by atoms with Crippen molar-refractivity contribution in [3.8, 4) is 0 Å². The third-order valence-electron chi connectivity index (χ3n) is 2.32. The molecule has 0 bridgehead atoms.